The molecule has 0 amide bonds. The molecule has 0 N–H and O–H groups in total. The monoisotopic (exact) mass is 225 g/mol. The van der Waals surface area contributed by atoms with E-state index in [0.29, 0.717) is 0 Å². The van der Waals surface area contributed by atoms with Gasteiger partial charge in [0.2, 0.25) is 0 Å². The standard InChI is InChI=1S/C4H4INO2/c5-4(7)8-3-1-2-6/h1,3H2. The van der Waals surface area contributed by atoms with Crippen LogP contribution in [0.25, 0.3) is 0 Å². The Morgan fingerprint density at radius 3 is 2.88 bits per heavy atom. The Balaban J connectivity index is 2.97. The topological polar surface area (TPSA) is 50.1 Å². The number of carbonyl (C=O) groups is 1. The van der Waals surface area contributed by atoms with Crippen LogP contribution in [0.2, 0.25) is 0 Å². The number of nitriles is 1. The number of ether oxygens (including phenoxy) is 1. The summed E-state index contributed by atoms with van der Waals surface area (Å²) in [4.78, 5) is 9.97. The molecule has 0 aromatic carbocycles. The van der Waals surface area contributed by atoms with Gasteiger partial charge in [-0.05, 0) is 0 Å². The molecule has 0 rings (SSSR count). The van der Waals surface area contributed by atoms with E-state index in [-0.39, 0.29) is 17.0 Å². The van der Waals surface area contributed by atoms with Gasteiger partial charge in [-0.2, -0.15) is 5.26 Å². The van der Waals surface area contributed by atoms with E-state index in [4.69, 9.17) is 5.26 Å². The molecule has 0 unspecified atom stereocenters. The van der Waals surface area contributed by atoms with Crippen LogP contribution in [-0.2, 0) is 4.74 Å². The van der Waals surface area contributed by atoms with Crippen LogP contribution in [0.15, 0.2) is 0 Å². The van der Waals surface area contributed by atoms with E-state index < -0.39 is 0 Å². The van der Waals surface area contributed by atoms with Crippen LogP contribution in [0, 0.1) is 11.3 Å². The lowest BCUT2D eigenvalue weighted by Crippen LogP contribution is -1.93. The molecule has 0 aliphatic heterocycles. The van der Waals surface area contributed by atoms with Gasteiger partial charge < -0.3 is 4.74 Å². The highest BCUT2D eigenvalue weighted by molar-refractivity contribution is 14.1. The molecule has 0 spiro atoms. The summed E-state index contributed by atoms with van der Waals surface area (Å²) in [5, 5.41) is 7.94. The normalized spacial score (nSPS) is 7.50. The summed E-state index contributed by atoms with van der Waals surface area (Å²) in [5.41, 5.74) is 0. The minimum Gasteiger partial charge on any atom is -0.457 e. The zero-order chi connectivity index (χ0) is 6.41. The van der Waals surface area contributed by atoms with Crippen molar-refractivity contribution in [3.8, 4) is 6.07 Å². The SMILES string of the molecule is N#CCCOC(=O)I. The Hall–Kier alpha value is -0.310. The minimum absolute atomic E-state index is 0.207. The largest absolute Gasteiger partial charge is 0.457 e. The minimum atomic E-state index is -0.363. The second-order valence-electron chi connectivity index (χ2n) is 0.994. The highest BCUT2D eigenvalue weighted by Crippen LogP contribution is 1.91. The molecule has 0 atom stereocenters. The fraction of sp³-hybridized carbons (Fsp3) is 0.500. The first-order valence-corrected chi connectivity index (χ1v) is 3.04. The third-order valence-electron chi connectivity index (χ3n) is 0.429. The summed E-state index contributed by atoms with van der Waals surface area (Å²) in [5.74, 6) is 0. The highest BCUT2D eigenvalue weighted by atomic mass is 127. The third-order valence-corrected chi connectivity index (χ3v) is 0.741. The van der Waals surface area contributed by atoms with Crippen LogP contribution < -0.4 is 0 Å². The number of nitrogens with zero attached hydrogens (tertiary/aromatic N) is 1. The van der Waals surface area contributed by atoms with Gasteiger partial charge in [0.25, 0.3) is 0 Å². The Bertz CT molecular complexity index is 118. The van der Waals surface area contributed by atoms with Gasteiger partial charge in [0.05, 0.1) is 35.1 Å². The zero-order valence-corrected chi connectivity index (χ0v) is 6.21. The lowest BCUT2D eigenvalue weighted by molar-refractivity contribution is 0.181. The van der Waals surface area contributed by atoms with Crippen LogP contribution >= 0.6 is 22.6 Å². The second kappa shape index (κ2) is 4.84. The lowest BCUT2D eigenvalue weighted by atomic mass is 10.5. The van der Waals surface area contributed by atoms with Crippen molar-refractivity contribution in [1.29, 1.82) is 5.26 Å². The molecule has 0 saturated heterocycles. The number of hydrogen-bond acceptors (Lipinski definition) is 3. The molecule has 0 bridgehead atoms. The number of halogens is 1. The molecule has 44 valence electrons. The molecule has 0 heterocycles. The van der Waals surface area contributed by atoms with Crippen LogP contribution in [0.4, 0.5) is 4.79 Å². The average molecular weight is 225 g/mol. The first kappa shape index (κ1) is 7.69. The van der Waals surface area contributed by atoms with Gasteiger partial charge in [-0.25, -0.2) is 4.79 Å². The fourth-order valence-electron chi connectivity index (χ4n) is 0.177. The fourth-order valence-corrected chi connectivity index (χ4v) is 0.397. The molecule has 0 radical (unpaired) electrons. The molecule has 0 saturated carbocycles. The zero-order valence-electron chi connectivity index (χ0n) is 4.06. The highest BCUT2D eigenvalue weighted by Gasteiger charge is 1.90. The van der Waals surface area contributed by atoms with E-state index in [2.05, 4.69) is 4.74 Å². The van der Waals surface area contributed by atoms with E-state index in [1.54, 1.807) is 0 Å². The van der Waals surface area contributed by atoms with E-state index in [1.165, 1.54) is 22.6 Å². The molecule has 0 aliphatic rings. The molecule has 0 fully saturated rings. The smallest absolute Gasteiger partial charge is 0.367 e. The van der Waals surface area contributed by atoms with Gasteiger partial charge in [-0.3, -0.25) is 0 Å². The maximum absolute atomic E-state index is 9.97. The van der Waals surface area contributed by atoms with Crippen molar-refractivity contribution in [3.05, 3.63) is 0 Å². The predicted octanol–water partition coefficient (Wildman–Crippen LogP) is 1.47. The summed E-state index contributed by atoms with van der Waals surface area (Å²) in [7, 11) is 0. The van der Waals surface area contributed by atoms with Gasteiger partial charge >= 0.3 is 3.98 Å². The third kappa shape index (κ3) is 5.69. The Labute approximate surface area is 60.8 Å². The quantitative estimate of drug-likeness (QED) is 0.406. The molecule has 4 heteroatoms. The van der Waals surface area contributed by atoms with Gasteiger partial charge in [-0.1, -0.05) is 0 Å². The van der Waals surface area contributed by atoms with Crippen molar-refractivity contribution in [2.24, 2.45) is 0 Å². The Morgan fingerprint density at radius 2 is 2.50 bits per heavy atom. The maximum atomic E-state index is 9.97. The molecule has 0 aliphatic carbocycles. The van der Waals surface area contributed by atoms with E-state index in [9.17, 15) is 4.79 Å². The number of carbonyl (C=O) groups excluding carboxylic acids is 1. The maximum Gasteiger partial charge on any atom is 0.367 e. The van der Waals surface area contributed by atoms with Crippen molar-refractivity contribution in [2.45, 2.75) is 6.42 Å². The van der Waals surface area contributed by atoms with Gasteiger partial charge in [0, 0.05) is 0 Å². The summed E-state index contributed by atoms with van der Waals surface area (Å²) in [6.07, 6.45) is 0.273. The first-order valence-electron chi connectivity index (χ1n) is 1.96. The van der Waals surface area contributed by atoms with Crippen molar-refractivity contribution < 1.29 is 9.53 Å². The molecule has 3 nitrogen and oxygen atoms in total. The molecule has 8 heavy (non-hydrogen) atoms. The van der Waals surface area contributed by atoms with Crippen LogP contribution in [0.5, 0.6) is 0 Å². The Kier molecular flexibility index (Phi) is 4.65. The number of hydrogen-bond donors (Lipinski definition) is 0. The lowest BCUT2D eigenvalue weighted by Gasteiger charge is -1.91. The first-order chi connectivity index (χ1) is 3.77. The van der Waals surface area contributed by atoms with Crippen LogP contribution in [-0.4, -0.2) is 10.6 Å². The second-order valence-corrected chi connectivity index (χ2v) is 1.88. The summed E-state index contributed by atoms with van der Waals surface area (Å²) in [6.45, 7) is 0.207. The van der Waals surface area contributed by atoms with E-state index >= 15 is 0 Å². The number of rotatable bonds is 2. The average Bonchev–Trinajstić information content (AvgIpc) is 1.66. The van der Waals surface area contributed by atoms with Gasteiger partial charge in [-0.15, -0.1) is 0 Å². The van der Waals surface area contributed by atoms with Crippen molar-refractivity contribution in [3.63, 3.8) is 0 Å². The molecule has 0 aromatic rings. The Morgan fingerprint density at radius 1 is 1.88 bits per heavy atom. The predicted molar refractivity (Wildman–Crippen MR) is 35.6 cm³/mol. The van der Waals surface area contributed by atoms with Gasteiger partial charge in [0.15, 0.2) is 0 Å². The van der Waals surface area contributed by atoms with Crippen LogP contribution in [0.1, 0.15) is 6.42 Å². The van der Waals surface area contributed by atoms with E-state index in [0.717, 1.165) is 0 Å². The van der Waals surface area contributed by atoms with Crippen molar-refractivity contribution >= 4 is 26.6 Å². The van der Waals surface area contributed by atoms with Crippen molar-refractivity contribution in [1.82, 2.24) is 0 Å². The van der Waals surface area contributed by atoms with Crippen LogP contribution in [0.3, 0.4) is 0 Å². The summed E-state index contributed by atoms with van der Waals surface area (Å²) < 4.78 is 4.04. The summed E-state index contributed by atoms with van der Waals surface area (Å²) >= 11 is 1.51. The molecule has 0 aromatic heterocycles. The summed E-state index contributed by atoms with van der Waals surface area (Å²) in [6, 6.07) is 1.84. The molecular formula is C4H4INO2. The van der Waals surface area contributed by atoms with E-state index in [1.807, 2.05) is 6.07 Å². The molecular weight excluding hydrogens is 221 g/mol. The van der Waals surface area contributed by atoms with Gasteiger partial charge in [0.1, 0.15) is 6.61 Å². The van der Waals surface area contributed by atoms with Crippen molar-refractivity contribution in [2.75, 3.05) is 6.61 Å².